The second-order valence-corrected chi connectivity index (χ2v) is 7.86. The summed E-state index contributed by atoms with van der Waals surface area (Å²) in [5, 5.41) is 11.9. The van der Waals surface area contributed by atoms with E-state index < -0.39 is 23.6 Å². The number of methoxy groups -OCH3 is 1. The van der Waals surface area contributed by atoms with Crippen LogP contribution in [-0.2, 0) is 15.7 Å². The van der Waals surface area contributed by atoms with E-state index in [1.807, 2.05) is 24.5 Å². The molecule has 0 fully saturated rings. The molecule has 9 heteroatoms. The van der Waals surface area contributed by atoms with Crippen molar-refractivity contribution < 1.29 is 27.5 Å². The number of aromatic nitrogens is 1. The van der Waals surface area contributed by atoms with Crippen molar-refractivity contribution in [1.82, 2.24) is 4.57 Å². The molecular formula is C26H22F3N3O3. The summed E-state index contributed by atoms with van der Waals surface area (Å²) in [6.45, 7) is 5.51. The van der Waals surface area contributed by atoms with Crippen molar-refractivity contribution >= 4 is 23.6 Å². The lowest BCUT2D eigenvalue weighted by Gasteiger charge is -2.14. The number of nitriles is 1. The highest BCUT2D eigenvalue weighted by molar-refractivity contribution is 6.09. The van der Waals surface area contributed by atoms with E-state index in [0.29, 0.717) is 16.8 Å². The fourth-order valence-corrected chi connectivity index (χ4v) is 3.68. The molecule has 2 aromatic carbocycles. The molecular weight excluding hydrogens is 459 g/mol. The smallest absolute Gasteiger partial charge is 0.416 e. The predicted octanol–water partition coefficient (Wildman–Crippen LogP) is 5.75. The van der Waals surface area contributed by atoms with Crippen LogP contribution >= 0.6 is 0 Å². The van der Waals surface area contributed by atoms with Crippen LogP contribution in [0, 0.1) is 32.1 Å². The third-order valence-corrected chi connectivity index (χ3v) is 5.45. The number of nitrogens with zero attached hydrogens (tertiary/aromatic N) is 2. The average molecular weight is 481 g/mol. The van der Waals surface area contributed by atoms with Crippen LogP contribution in [0.5, 0.6) is 0 Å². The van der Waals surface area contributed by atoms with Crippen molar-refractivity contribution in [3.05, 3.63) is 87.7 Å². The Labute approximate surface area is 200 Å². The van der Waals surface area contributed by atoms with Crippen molar-refractivity contribution in [2.24, 2.45) is 0 Å². The largest absolute Gasteiger partial charge is 0.465 e. The number of rotatable bonds is 5. The van der Waals surface area contributed by atoms with Crippen LogP contribution in [0.1, 0.15) is 38.4 Å². The number of hydrogen-bond acceptors (Lipinski definition) is 4. The molecule has 0 bridgehead atoms. The third kappa shape index (κ3) is 5.44. The van der Waals surface area contributed by atoms with Gasteiger partial charge in [0, 0.05) is 22.8 Å². The van der Waals surface area contributed by atoms with Gasteiger partial charge in [-0.05, 0) is 74.4 Å². The van der Waals surface area contributed by atoms with Gasteiger partial charge in [-0.15, -0.1) is 0 Å². The van der Waals surface area contributed by atoms with Crippen LogP contribution in [0.3, 0.4) is 0 Å². The van der Waals surface area contributed by atoms with Gasteiger partial charge < -0.3 is 14.6 Å². The van der Waals surface area contributed by atoms with Crippen LogP contribution in [0.25, 0.3) is 11.8 Å². The van der Waals surface area contributed by atoms with E-state index in [2.05, 4.69) is 5.32 Å². The summed E-state index contributed by atoms with van der Waals surface area (Å²) in [7, 11) is 1.30. The number of carbonyl (C=O) groups excluding carboxylic acids is 2. The molecule has 0 saturated carbocycles. The van der Waals surface area contributed by atoms with Crippen LogP contribution in [-0.4, -0.2) is 23.6 Å². The number of esters is 1. The Balaban J connectivity index is 1.97. The van der Waals surface area contributed by atoms with E-state index in [0.717, 1.165) is 29.1 Å². The Hall–Kier alpha value is -4.32. The molecule has 0 aliphatic rings. The zero-order valence-corrected chi connectivity index (χ0v) is 19.4. The maximum atomic E-state index is 13.0. The van der Waals surface area contributed by atoms with Gasteiger partial charge >= 0.3 is 12.1 Å². The van der Waals surface area contributed by atoms with Gasteiger partial charge in [-0.3, -0.25) is 4.79 Å². The molecule has 0 spiro atoms. The Bertz CT molecular complexity index is 1380. The van der Waals surface area contributed by atoms with Crippen molar-refractivity contribution in [3.8, 4) is 11.8 Å². The molecule has 0 unspecified atom stereocenters. The van der Waals surface area contributed by atoms with Gasteiger partial charge in [-0.1, -0.05) is 12.1 Å². The quantitative estimate of drug-likeness (QED) is 0.286. The molecule has 35 heavy (non-hydrogen) atoms. The third-order valence-electron chi connectivity index (χ3n) is 5.45. The second-order valence-electron chi connectivity index (χ2n) is 7.86. The normalized spacial score (nSPS) is 11.7. The summed E-state index contributed by atoms with van der Waals surface area (Å²) < 4.78 is 45.5. The highest BCUT2D eigenvalue weighted by Gasteiger charge is 2.30. The Kier molecular flexibility index (Phi) is 7.15. The van der Waals surface area contributed by atoms with E-state index in [1.54, 1.807) is 31.2 Å². The molecule has 1 aromatic heterocycles. The maximum absolute atomic E-state index is 13.0. The van der Waals surface area contributed by atoms with Gasteiger partial charge in [0.1, 0.15) is 11.6 Å². The van der Waals surface area contributed by atoms with E-state index >= 15 is 0 Å². The first kappa shape index (κ1) is 25.3. The first-order chi connectivity index (χ1) is 16.5. The molecule has 1 amide bonds. The summed E-state index contributed by atoms with van der Waals surface area (Å²) in [6.07, 6.45) is -3.18. The summed E-state index contributed by atoms with van der Waals surface area (Å²) in [6, 6.07) is 12.9. The molecule has 0 aliphatic heterocycles. The fourth-order valence-electron chi connectivity index (χ4n) is 3.68. The molecule has 6 nitrogen and oxygen atoms in total. The van der Waals surface area contributed by atoms with Crippen LogP contribution in [0.2, 0.25) is 0 Å². The second kappa shape index (κ2) is 9.89. The van der Waals surface area contributed by atoms with E-state index in [9.17, 15) is 28.0 Å². The van der Waals surface area contributed by atoms with Gasteiger partial charge in [0.15, 0.2) is 0 Å². The summed E-state index contributed by atoms with van der Waals surface area (Å²) >= 11 is 0. The highest BCUT2D eigenvalue weighted by Crippen LogP contribution is 2.31. The first-order valence-electron chi connectivity index (χ1n) is 10.4. The Morgan fingerprint density at radius 1 is 1.09 bits per heavy atom. The zero-order valence-electron chi connectivity index (χ0n) is 19.4. The molecule has 0 aliphatic carbocycles. The standard InChI is InChI=1S/C26H22F3N3O3/c1-15-8-9-18(25(34)35-4)12-23(15)32-16(2)10-19(17(32)3)11-20(14-30)24(33)31-22-7-5-6-21(13-22)26(27,28)29/h5-13H,1-4H3,(H,31,33)/b20-11-. The lowest BCUT2D eigenvalue weighted by Crippen LogP contribution is -2.14. The topological polar surface area (TPSA) is 84.1 Å². The van der Waals surface area contributed by atoms with Crippen LogP contribution < -0.4 is 5.32 Å². The van der Waals surface area contributed by atoms with Crippen molar-refractivity contribution in [2.75, 3.05) is 12.4 Å². The molecule has 1 heterocycles. The number of hydrogen-bond donors (Lipinski definition) is 1. The number of anilines is 1. The number of alkyl halides is 3. The summed E-state index contributed by atoms with van der Waals surface area (Å²) in [5.74, 6) is -1.31. The monoisotopic (exact) mass is 481 g/mol. The van der Waals surface area contributed by atoms with Crippen LogP contribution in [0.15, 0.2) is 54.1 Å². The van der Waals surface area contributed by atoms with Crippen molar-refractivity contribution in [2.45, 2.75) is 26.9 Å². The molecule has 1 N–H and O–H groups in total. The minimum atomic E-state index is -4.56. The number of aryl methyl sites for hydroxylation is 2. The molecule has 0 atom stereocenters. The Morgan fingerprint density at radius 2 is 1.80 bits per heavy atom. The number of carbonyl (C=O) groups is 2. The number of ether oxygens (including phenoxy) is 1. The molecule has 0 saturated heterocycles. The zero-order chi connectivity index (χ0) is 25.9. The molecule has 180 valence electrons. The molecule has 0 radical (unpaired) electrons. The predicted molar refractivity (Wildman–Crippen MR) is 125 cm³/mol. The SMILES string of the molecule is COC(=O)c1ccc(C)c(-n2c(C)cc(/C=C(/C#N)C(=O)Nc3cccc(C(F)(F)F)c3)c2C)c1. The van der Waals surface area contributed by atoms with E-state index in [1.165, 1.54) is 25.3 Å². The number of benzene rings is 2. The van der Waals surface area contributed by atoms with Crippen molar-refractivity contribution in [1.29, 1.82) is 5.26 Å². The summed E-state index contributed by atoms with van der Waals surface area (Å²) in [5.41, 5.74) is 2.78. The minimum Gasteiger partial charge on any atom is -0.465 e. The number of halogens is 3. The number of nitrogens with one attached hydrogen (secondary N) is 1. The first-order valence-corrected chi connectivity index (χ1v) is 10.4. The van der Waals surface area contributed by atoms with Crippen LogP contribution in [0.4, 0.5) is 18.9 Å². The maximum Gasteiger partial charge on any atom is 0.416 e. The number of amides is 1. The van der Waals surface area contributed by atoms with Gasteiger partial charge in [-0.25, -0.2) is 4.79 Å². The fraction of sp³-hybridized carbons (Fsp3) is 0.192. The van der Waals surface area contributed by atoms with Gasteiger partial charge in [-0.2, -0.15) is 18.4 Å². The van der Waals surface area contributed by atoms with E-state index in [-0.39, 0.29) is 11.3 Å². The van der Waals surface area contributed by atoms with Gasteiger partial charge in [0.2, 0.25) is 0 Å². The van der Waals surface area contributed by atoms with Gasteiger partial charge in [0.05, 0.1) is 18.2 Å². The lowest BCUT2D eigenvalue weighted by atomic mass is 10.1. The average Bonchev–Trinajstić information content (AvgIpc) is 3.09. The van der Waals surface area contributed by atoms with Gasteiger partial charge in [0.25, 0.3) is 5.91 Å². The lowest BCUT2D eigenvalue weighted by molar-refractivity contribution is -0.137. The van der Waals surface area contributed by atoms with E-state index in [4.69, 9.17) is 4.74 Å². The molecule has 3 rings (SSSR count). The minimum absolute atomic E-state index is 0.0771. The van der Waals surface area contributed by atoms with Crippen molar-refractivity contribution in [3.63, 3.8) is 0 Å². The molecule has 3 aromatic rings. The Morgan fingerprint density at radius 3 is 2.43 bits per heavy atom. The highest BCUT2D eigenvalue weighted by atomic mass is 19.4. The summed E-state index contributed by atoms with van der Waals surface area (Å²) in [4.78, 5) is 24.6.